The largest absolute Gasteiger partial charge is 0.507 e. The van der Waals surface area contributed by atoms with Gasteiger partial charge in [0.15, 0.2) is 18.7 Å². The lowest BCUT2D eigenvalue weighted by Crippen LogP contribution is -2.35. The van der Waals surface area contributed by atoms with Crippen LogP contribution in [-0.4, -0.2) is 53.3 Å². The number of aldehydes is 1. The maximum atomic E-state index is 12.9. The first-order valence-electron chi connectivity index (χ1n) is 13.5. The molecule has 0 bridgehead atoms. The van der Waals surface area contributed by atoms with E-state index in [-0.39, 0.29) is 52.6 Å². The number of amides is 1. The minimum Gasteiger partial charge on any atom is -0.507 e. The molecular weight excluding hydrogens is 516 g/mol. The van der Waals surface area contributed by atoms with Crippen molar-refractivity contribution < 1.29 is 33.7 Å². The van der Waals surface area contributed by atoms with E-state index in [1.54, 1.807) is 6.07 Å². The van der Waals surface area contributed by atoms with Gasteiger partial charge in [0.25, 0.3) is 5.91 Å². The van der Waals surface area contributed by atoms with Crippen molar-refractivity contribution in [3.8, 4) is 23.3 Å². The maximum Gasteiger partial charge on any atom is 0.334 e. The Morgan fingerprint density at radius 1 is 1.23 bits per heavy atom. The predicted molar refractivity (Wildman–Crippen MR) is 142 cm³/mol. The number of phenols is 1. The first-order valence-corrected chi connectivity index (χ1v) is 13.5. The number of esters is 1. The molecule has 2 fully saturated rings. The minimum absolute atomic E-state index is 0.0227. The molecule has 5 rings (SSSR count). The summed E-state index contributed by atoms with van der Waals surface area (Å²) in [6, 6.07) is 6.81. The van der Waals surface area contributed by atoms with Crippen LogP contribution in [0.3, 0.4) is 0 Å². The molecule has 3 aliphatic rings. The molecule has 0 spiro atoms. The van der Waals surface area contributed by atoms with E-state index in [0.717, 1.165) is 37.0 Å². The number of carbonyl (C=O) groups excluding carboxylic acids is 3. The third-order valence-electron chi connectivity index (χ3n) is 8.18. The fourth-order valence-corrected chi connectivity index (χ4v) is 6.23. The Morgan fingerprint density at radius 2 is 2.05 bits per heavy atom. The molecule has 11 heteroatoms. The van der Waals surface area contributed by atoms with Crippen LogP contribution in [-0.2, 0) is 14.3 Å². The lowest BCUT2D eigenvalue weighted by atomic mass is 9.62. The molecule has 2 aromatic rings. The van der Waals surface area contributed by atoms with Gasteiger partial charge in [0, 0.05) is 41.3 Å². The number of nitrogens with one attached hydrogen (secondary N) is 2. The number of rotatable bonds is 9. The van der Waals surface area contributed by atoms with Gasteiger partial charge in [-0.15, -0.1) is 0 Å². The summed E-state index contributed by atoms with van der Waals surface area (Å²) < 4.78 is 16.4. The highest BCUT2D eigenvalue weighted by molar-refractivity contribution is 5.92. The molecule has 3 aliphatic carbocycles. The molecule has 3 N–H and O–H groups in total. The Bertz CT molecular complexity index is 1390. The van der Waals surface area contributed by atoms with Gasteiger partial charge < -0.3 is 24.6 Å². The van der Waals surface area contributed by atoms with E-state index < -0.39 is 12.5 Å². The Morgan fingerprint density at radius 3 is 2.77 bits per heavy atom. The summed E-state index contributed by atoms with van der Waals surface area (Å²) in [5.41, 5.74) is 2.75. The quantitative estimate of drug-likeness (QED) is 0.310. The number of methoxy groups -OCH3 is 1. The van der Waals surface area contributed by atoms with E-state index >= 15 is 0 Å². The standard InChI is InChI=1S/C29H32N4O7/c1-15-5-16(12-30)6-18-8-21(28(15)18)29(37)40-19-4-3-17(7-19)23-11-26(33-32-23)31-27(36)14-39-25-10-20(38-2)9-24(35)22(25)13-34/h9-11,13,15-19,35H,3-8,14H2,1-2H3,(H2,31,32,33,36)/t15-,16-,17-,18-,19+/m0/s1. The Labute approximate surface area is 231 Å². The Hall–Kier alpha value is -4.33. The summed E-state index contributed by atoms with van der Waals surface area (Å²) in [6.45, 7) is 1.68. The number of H-pyrrole nitrogens is 1. The molecule has 0 unspecified atom stereocenters. The van der Waals surface area contributed by atoms with E-state index in [0.29, 0.717) is 30.9 Å². The number of aromatic amines is 1. The molecule has 1 amide bonds. The van der Waals surface area contributed by atoms with Crippen molar-refractivity contribution in [2.24, 2.45) is 17.8 Å². The number of hydrogen-bond donors (Lipinski definition) is 3. The van der Waals surface area contributed by atoms with Gasteiger partial charge in [-0.2, -0.15) is 10.4 Å². The first kappa shape index (κ1) is 27.2. The number of nitrogens with zero attached hydrogens (tertiary/aromatic N) is 2. The molecule has 210 valence electrons. The fraction of sp³-hybridized carbons (Fsp3) is 0.483. The summed E-state index contributed by atoms with van der Waals surface area (Å²) in [7, 11) is 1.41. The van der Waals surface area contributed by atoms with Gasteiger partial charge in [-0.1, -0.05) is 12.5 Å². The predicted octanol–water partition coefficient (Wildman–Crippen LogP) is 4.02. The van der Waals surface area contributed by atoms with Crippen LogP contribution in [0.15, 0.2) is 29.3 Å². The molecule has 11 nitrogen and oxygen atoms in total. The lowest BCUT2D eigenvalue weighted by Gasteiger charge is -2.42. The number of allylic oxidation sites excluding steroid dienone is 1. The number of hydrogen-bond acceptors (Lipinski definition) is 9. The van der Waals surface area contributed by atoms with Crippen LogP contribution in [0.5, 0.6) is 17.2 Å². The molecule has 0 aliphatic heterocycles. The monoisotopic (exact) mass is 548 g/mol. The van der Waals surface area contributed by atoms with Gasteiger partial charge in [0.2, 0.25) is 0 Å². The summed E-state index contributed by atoms with van der Waals surface area (Å²) in [5, 5.41) is 29.0. The number of aromatic nitrogens is 2. The van der Waals surface area contributed by atoms with Gasteiger partial charge >= 0.3 is 5.97 Å². The summed E-state index contributed by atoms with van der Waals surface area (Å²) in [6.07, 6.45) is 4.83. The molecule has 1 aromatic heterocycles. The number of fused-ring (bicyclic) bond motifs is 1. The van der Waals surface area contributed by atoms with Crippen molar-refractivity contribution in [1.29, 1.82) is 5.26 Å². The number of aromatic hydroxyl groups is 1. The molecular formula is C29H32N4O7. The van der Waals surface area contributed by atoms with Crippen LogP contribution in [0.1, 0.15) is 67.4 Å². The second-order valence-corrected chi connectivity index (χ2v) is 10.8. The van der Waals surface area contributed by atoms with Gasteiger partial charge in [-0.05, 0) is 50.4 Å². The molecule has 2 saturated carbocycles. The van der Waals surface area contributed by atoms with E-state index in [1.807, 2.05) is 0 Å². The highest BCUT2D eigenvalue weighted by atomic mass is 16.5. The molecule has 0 radical (unpaired) electrons. The summed E-state index contributed by atoms with van der Waals surface area (Å²) >= 11 is 0. The zero-order valence-corrected chi connectivity index (χ0v) is 22.4. The summed E-state index contributed by atoms with van der Waals surface area (Å²) in [4.78, 5) is 36.6. The molecule has 1 aromatic carbocycles. The number of ether oxygens (including phenoxy) is 3. The summed E-state index contributed by atoms with van der Waals surface area (Å²) in [5.74, 6) is 0.361. The zero-order chi connectivity index (χ0) is 28.4. The third-order valence-corrected chi connectivity index (χ3v) is 8.18. The van der Waals surface area contributed by atoms with Crippen LogP contribution in [0.25, 0.3) is 0 Å². The molecule has 1 heterocycles. The number of carbonyl (C=O) groups is 3. The van der Waals surface area contributed by atoms with E-state index in [4.69, 9.17) is 14.2 Å². The van der Waals surface area contributed by atoms with Gasteiger partial charge in [-0.25, -0.2) is 4.79 Å². The van der Waals surface area contributed by atoms with E-state index in [1.165, 1.54) is 24.8 Å². The third kappa shape index (κ3) is 5.52. The van der Waals surface area contributed by atoms with Crippen molar-refractivity contribution in [2.75, 3.05) is 19.0 Å². The minimum atomic E-state index is -0.498. The van der Waals surface area contributed by atoms with Crippen molar-refractivity contribution in [3.05, 3.63) is 40.6 Å². The van der Waals surface area contributed by atoms with Crippen LogP contribution in [0.2, 0.25) is 0 Å². The average Bonchev–Trinajstić information content (AvgIpc) is 3.57. The fourth-order valence-electron chi connectivity index (χ4n) is 6.23. The number of phenolic OH excluding ortho intramolecular Hbond substituents is 1. The van der Waals surface area contributed by atoms with Crippen molar-refractivity contribution in [3.63, 3.8) is 0 Å². The topological polar surface area (TPSA) is 164 Å². The second kappa shape index (κ2) is 11.4. The van der Waals surface area contributed by atoms with Gasteiger partial charge in [0.05, 0.1) is 18.7 Å². The Kier molecular flexibility index (Phi) is 7.78. The van der Waals surface area contributed by atoms with Gasteiger partial charge in [-0.3, -0.25) is 14.7 Å². The highest BCUT2D eigenvalue weighted by Crippen LogP contribution is 2.50. The van der Waals surface area contributed by atoms with Crippen molar-refractivity contribution in [2.45, 2.75) is 57.5 Å². The Balaban J connectivity index is 1.12. The molecule has 5 atom stereocenters. The van der Waals surface area contributed by atoms with Crippen LogP contribution in [0, 0.1) is 29.1 Å². The number of nitriles is 1. The maximum absolute atomic E-state index is 12.9. The second-order valence-electron chi connectivity index (χ2n) is 10.8. The molecule has 40 heavy (non-hydrogen) atoms. The smallest absolute Gasteiger partial charge is 0.334 e. The van der Waals surface area contributed by atoms with Crippen LogP contribution < -0.4 is 14.8 Å². The van der Waals surface area contributed by atoms with Crippen molar-refractivity contribution in [1.82, 2.24) is 10.2 Å². The molecule has 0 saturated heterocycles. The zero-order valence-electron chi connectivity index (χ0n) is 22.4. The normalized spacial score (nSPS) is 25.3. The average molecular weight is 549 g/mol. The van der Waals surface area contributed by atoms with Crippen LogP contribution in [0.4, 0.5) is 5.82 Å². The van der Waals surface area contributed by atoms with Crippen molar-refractivity contribution >= 4 is 24.0 Å². The lowest BCUT2D eigenvalue weighted by molar-refractivity contribution is -0.145. The van der Waals surface area contributed by atoms with Gasteiger partial charge in [0.1, 0.15) is 23.4 Å². The van der Waals surface area contributed by atoms with E-state index in [2.05, 4.69) is 28.5 Å². The van der Waals surface area contributed by atoms with E-state index in [9.17, 15) is 24.8 Å². The number of benzene rings is 1. The SMILES string of the molecule is COc1cc(O)c(C=O)c(OCC(=O)Nc2cc([C@H]3CC[C@@H](OC(=O)C4=C5[C@H](C4)C[C@@H](C#N)C[C@@H]5C)C3)[nH]n2)c1. The first-order chi connectivity index (χ1) is 19.3. The van der Waals surface area contributed by atoms with Crippen LogP contribution >= 0.6 is 0 Å². The number of anilines is 1. The highest BCUT2D eigenvalue weighted by Gasteiger charge is 2.43.